The summed E-state index contributed by atoms with van der Waals surface area (Å²) in [7, 11) is 0. The maximum atomic E-state index is 6.70. The summed E-state index contributed by atoms with van der Waals surface area (Å²) >= 11 is 1.65. The van der Waals surface area contributed by atoms with E-state index < -0.39 is 0 Å². The van der Waals surface area contributed by atoms with Gasteiger partial charge in [-0.25, -0.2) is 9.97 Å². The summed E-state index contributed by atoms with van der Waals surface area (Å²) in [5.41, 5.74) is 15.4. The summed E-state index contributed by atoms with van der Waals surface area (Å²) in [4.78, 5) is 15.7. The van der Waals surface area contributed by atoms with Crippen molar-refractivity contribution >= 4 is 103 Å². The van der Waals surface area contributed by atoms with Gasteiger partial charge in [0.05, 0.1) is 22.1 Å². The Bertz CT molecular complexity index is 2780. The number of anilines is 5. The molecule has 3 aliphatic heterocycles. The quantitative estimate of drug-likeness (QED) is 0.171. The van der Waals surface area contributed by atoms with Gasteiger partial charge in [-0.05, 0) is 84.0 Å². The normalized spacial score (nSPS) is 17.9. The van der Waals surface area contributed by atoms with Crippen molar-refractivity contribution in [1.29, 1.82) is 0 Å². The van der Waals surface area contributed by atoms with E-state index in [9.17, 15) is 0 Å². The third-order valence-corrected chi connectivity index (χ3v) is 12.1. The van der Waals surface area contributed by atoms with Crippen LogP contribution in [0.5, 0.6) is 0 Å². The van der Waals surface area contributed by atoms with Crippen molar-refractivity contribution in [3.8, 4) is 0 Å². The number of benzene rings is 3. The molecule has 0 saturated carbocycles. The molecular weight excluding hydrogens is 635 g/mol. The van der Waals surface area contributed by atoms with Crippen LogP contribution in [0.1, 0.15) is 36.7 Å². The van der Waals surface area contributed by atoms with Crippen LogP contribution in [0.3, 0.4) is 0 Å². The fraction of sp³-hybridized carbons (Fsp3) is 0.143. The Balaban J connectivity index is 1.29. The van der Waals surface area contributed by atoms with Crippen molar-refractivity contribution in [1.82, 2.24) is 9.97 Å². The van der Waals surface area contributed by atoms with Crippen molar-refractivity contribution in [2.45, 2.75) is 43.2 Å². The molecule has 12 rings (SSSR count). The molecule has 0 fully saturated rings. The van der Waals surface area contributed by atoms with E-state index >= 15 is 0 Å². The molecule has 0 bridgehead atoms. The van der Waals surface area contributed by atoms with E-state index in [4.69, 9.17) is 18.8 Å². The zero-order chi connectivity index (χ0) is 32.8. The summed E-state index contributed by atoms with van der Waals surface area (Å²) in [6.45, 7) is 4.41. The molecule has 50 heavy (non-hydrogen) atoms. The molecule has 2 aliphatic carbocycles. The third-order valence-electron chi connectivity index (χ3n) is 11.0. The summed E-state index contributed by atoms with van der Waals surface area (Å²) < 4.78 is 13.2. The van der Waals surface area contributed by atoms with Crippen molar-refractivity contribution < 1.29 is 8.83 Å². The zero-order valence-corrected chi connectivity index (χ0v) is 28.3. The van der Waals surface area contributed by atoms with Crippen molar-refractivity contribution in [2.75, 3.05) is 9.80 Å². The number of nitrogens with zero attached hydrogens (tertiary/aromatic N) is 4. The van der Waals surface area contributed by atoms with E-state index in [0.29, 0.717) is 17.3 Å². The van der Waals surface area contributed by atoms with Gasteiger partial charge in [0.1, 0.15) is 21.4 Å². The molecule has 3 aromatic carbocycles. The summed E-state index contributed by atoms with van der Waals surface area (Å²) in [6, 6.07) is 23.9. The lowest BCUT2D eigenvalue weighted by atomic mass is 9.33. The van der Waals surface area contributed by atoms with E-state index in [-0.39, 0.29) is 6.71 Å². The lowest BCUT2D eigenvalue weighted by molar-refractivity contribution is 0.505. The molecule has 7 heterocycles. The first kappa shape index (κ1) is 27.4. The summed E-state index contributed by atoms with van der Waals surface area (Å²) in [5, 5.41) is 5.13. The highest BCUT2D eigenvalue weighted by Gasteiger charge is 2.51. The number of aromatic nitrogens is 2. The number of fused-ring (bicyclic) bond motifs is 8. The molecule has 238 valence electrons. The van der Waals surface area contributed by atoms with Crippen LogP contribution >= 0.6 is 11.8 Å². The van der Waals surface area contributed by atoms with Crippen LogP contribution in [0.2, 0.25) is 0 Å². The Labute approximate surface area is 292 Å². The molecular formula is C42H29BN4O2S. The van der Waals surface area contributed by atoms with Gasteiger partial charge in [-0.1, -0.05) is 79.4 Å². The summed E-state index contributed by atoms with van der Waals surface area (Å²) in [6.07, 6.45) is 14.5. The first-order valence-corrected chi connectivity index (χ1v) is 18.3. The molecule has 0 amide bonds. The maximum Gasteiger partial charge on any atom is 0.259 e. The van der Waals surface area contributed by atoms with Gasteiger partial charge in [0.25, 0.3) is 6.71 Å². The standard InChI is InChI=1S/C42H29BN4O2S/c1-22-17-18-27-31(21-22)49-40-33(27)38-36-42(45-40)50-41-35-37(32-26-15-9-10-16-30(26)48-39(32)44-41)46(24-11-5-3-6-12-24)28-19-23(2)20-29(34(28)43(35)36)47(38)25-13-7-4-8-14-25/h3,5-7,9-20,22H,4,8,21H2,1-2H3. The Morgan fingerprint density at radius 3 is 2.34 bits per heavy atom. The molecule has 0 saturated heterocycles. The fourth-order valence-electron chi connectivity index (χ4n) is 9.06. The van der Waals surface area contributed by atoms with Gasteiger partial charge in [0.2, 0.25) is 11.4 Å². The van der Waals surface area contributed by atoms with Gasteiger partial charge >= 0.3 is 0 Å². The molecule has 0 N–H and O–H groups in total. The number of aryl methyl sites for hydroxylation is 1. The first-order valence-electron chi connectivity index (χ1n) is 17.5. The van der Waals surface area contributed by atoms with Gasteiger partial charge in [0, 0.05) is 40.1 Å². The van der Waals surface area contributed by atoms with Crippen molar-refractivity contribution in [3.05, 3.63) is 114 Å². The van der Waals surface area contributed by atoms with E-state index in [1.54, 1.807) is 11.8 Å². The number of furan rings is 2. The lowest BCUT2D eigenvalue weighted by Gasteiger charge is -2.46. The van der Waals surface area contributed by atoms with Crippen LogP contribution in [-0.4, -0.2) is 16.7 Å². The van der Waals surface area contributed by atoms with Gasteiger partial charge in [0.15, 0.2) is 0 Å². The summed E-state index contributed by atoms with van der Waals surface area (Å²) in [5.74, 6) is 1.44. The van der Waals surface area contributed by atoms with Gasteiger partial charge < -0.3 is 18.6 Å². The van der Waals surface area contributed by atoms with Gasteiger partial charge in [-0.3, -0.25) is 0 Å². The molecule has 6 nitrogen and oxygen atoms in total. The number of para-hydroxylation sites is 2. The van der Waals surface area contributed by atoms with Crippen LogP contribution in [0.25, 0.3) is 39.2 Å². The predicted molar refractivity (Wildman–Crippen MR) is 204 cm³/mol. The maximum absolute atomic E-state index is 6.70. The van der Waals surface area contributed by atoms with E-state index in [2.05, 4.69) is 109 Å². The van der Waals surface area contributed by atoms with Crippen LogP contribution in [-0.2, 0) is 6.42 Å². The van der Waals surface area contributed by atoms with E-state index in [0.717, 1.165) is 73.8 Å². The number of allylic oxidation sites excluding steroid dienone is 4. The predicted octanol–water partition coefficient (Wildman–Crippen LogP) is 9.09. The van der Waals surface area contributed by atoms with Crippen LogP contribution in [0.15, 0.2) is 116 Å². The minimum absolute atomic E-state index is 0.0688. The molecule has 4 aromatic heterocycles. The van der Waals surface area contributed by atoms with Crippen molar-refractivity contribution in [3.63, 3.8) is 0 Å². The van der Waals surface area contributed by atoms with Crippen LogP contribution in [0.4, 0.5) is 28.4 Å². The molecule has 0 radical (unpaired) electrons. The molecule has 1 unspecified atom stereocenters. The highest BCUT2D eigenvalue weighted by molar-refractivity contribution is 8.00. The zero-order valence-electron chi connectivity index (χ0n) is 27.5. The van der Waals surface area contributed by atoms with Crippen LogP contribution in [0, 0.1) is 12.8 Å². The number of hydrogen-bond donors (Lipinski definition) is 0. The third kappa shape index (κ3) is 3.42. The Morgan fingerprint density at radius 2 is 1.54 bits per heavy atom. The van der Waals surface area contributed by atoms with Gasteiger partial charge in [-0.15, -0.1) is 0 Å². The second kappa shape index (κ2) is 9.61. The van der Waals surface area contributed by atoms with Crippen molar-refractivity contribution in [2.24, 2.45) is 5.92 Å². The van der Waals surface area contributed by atoms with Crippen LogP contribution < -0.4 is 26.2 Å². The number of hydrogen-bond acceptors (Lipinski definition) is 7. The molecule has 0 spiro atoms. The highest BCUT2D eigenvalue weighted by atomic mass is 32.2. The average Bonchev–Trinajstić information content (AvgIpc) is 3.69. The second-order valence-electron chi connectivity index (χ2n) is 14.2. The minimum atomic E-state index is -0.0688. The van der Waals surface area contributed by atoms with E-state index in [1.165, 1.54) is 44.7 Å². The molecule has 8 heteroatoms. The fourth-order valence-corrected chi connectivity index (χ4v) is 10.2. The molecule has 7 aromatic rings. The Hall–Kier alpha value is -5.47. The first-order chi connectivity index (χ1) is 24.6. The lowest BCUT2D eigenvalue weighted by Crippen LogP contribution is -2.64. The Kier molecular flexibility index (Phi) is 5.26. The second-order valence-corrected chi connectivity index (χ2v) is 15.1. The average molecular weight is 665 g/mol. The SMILES string of the molecule is Cc1cc2c3c(c1)N(c1ccccc1)c1c4c(nc5oc6ccccc6c15)Sc1nc5oc6c(c5c(c1B34)N2C1=CCCC=C1)C=CC(C)C6. The smallest absolute Gasteiger partial charge is 0.259 e. The number of rotatable bonds is 2. The molecule has 5 aliphatic rings. The monoisotopic (exact) mass is 664 g/mol. The Morgan fingerprint density at radius 1 is 0.800 bits per heavy atom. The topological polar surface area (TPSA) is 58.5 Å². The molecule has 1 atom stereocenters. The largest absolute Gasteiger partial charge is 0.442 e. The minimum Gasteiger partial charge on any atom is -0.442 e. The highest BCUT2D eigenvalue weighted by Crippen LogP contribution is 2.53. The van der Waals surface area contributed by atoms with E-state index in [1.807, 2.05) is 12.1 Å². The number of pyridine rings is 2. The van der Waals surface area contributed by atoms with Gasteiger partial charge in [-0.2, -0.15) is 0 Å².